The maximum absolute atomic E-state index is 12.7. The molecule has 7 nitrogen and oxygen atoms in total. The zero-order valence-corrected chi connectivity index (χ0v) is 19.1. The highest BCUT2D eigenvalue weighted by molar-refractivity contribution is 5.80. The van der Waals surface area contributed by atoms with E-state index in [4.69, 9.17) is 9.84 Å². The number of rotatable bonds is 6. The summed E-state index contributed by atoms with van der Waals surface area (Å²) in [5, 5.41) is 11.8. The fourth-order valence-corrected chi connectivity index (χ4v) is 5.68. The van der Waals surface area contributed by atoms with Gasteiger partial charge in [0.15, 0.2) is 0 Å². The van der Waals surface area contributed by atoms with Gasteiger partial charge in [-0.3, -0.25) is 9.59 Å². The van der Waals surface area contributed by atoms with Crippen molar-refractivity contribution in [1.82, 2.24) is 10.2 Å². The molecule has 1 aliphatic heterocycles. The Bertz CT molecular complexity index is 1040. The molecule has 0 atom stereocenters. The maximum Gasteiger partial charge on any atom is 0.407 e. The predicted molar refractivity (Wildman–Crippen MR) is 126 cm³/mol. The molecule has 0 unspecified atom stereocenters. The Hall–Kier alpha value is -3.35. The molecular formula is C27H30N2O5. The molecule has 178 valence electrons. The lowest BCUT2D eigenvalue weighted by Crippen LogP contribution is -2.53. The SMILES string of the molecule is O=C(O)CC1CN(C(=O)C2CCC(NC(=O)OCC3c4ccccc4-c4ccccc43)CC2)C1. The minimum absolute atomic E-state index is 0.0100. The fourth-order valence-electron chi connectivity index (χ4n) is 5.68. The predicted octanol–water partition coefficient (Wildman–Crippen LogP) is 4.02. The summed E-state index contributed by atoms with van der Waals surface area (Å²) in [6.07, 6.45) is 2.66. The van der Waals surface area contributed by atoms with Crippen molar-refractivity contribution < 1.29 is 24.2 Å². The van der Waals surface area contributed by atoms with Crippen molar-refractivity contribution in [2.45, 2.75) is 44.1 Å². The molecule has 2 aromatic rings. The van der Waals surface area contributed by atoms with Crippen LogP contribution in [-0.2, 0) is 14.3 Å². The van der Waals surface area contributed by atoms with Gasteiger partial charge in [-0.15, -0.1) is 0 Å². The third-order valence-corrected chi connectivity index (χ3v) is 7.47. The first-order chi connectivity index (χ1) is 16.5. The first kappa shape index (κ1) is 22.4. The van der Waals surface area contributed by atoms with E-state index in [0.717, 1.165) is 25.7 Å². The van der Waals surface area contributed by atoms with E-state index < -0.39 is 12.1 Å². The number of likely N-dealkylation sites (tertiary alicyclic amines) is 1. The molecule has 2 aliphatic carbocycles. The summed E-state index contributed by atoms with van der Waals surface area (Å²) in [5.74, 6) is -0.606. The molecule has 1 heterocycles. The van der Waals surface area contributed by atoms with Gasteiger partial charge in [-0.05, 0) is 47.9 Å². The summed E-state index contributed by atoms with van der Waals surface area (Å²) in [6.45, 7) is 1.38. The molecular weight excluding hydrogens is 432 g/mol. The summed E-state index contributed by atoms with van der Waals surface area (Å²) >= 11 is 0. The largest absolute Gasteiger partial charge is 0.481 e. The molecule has 0 spiro atoms. The lowest BCUT2D eigenvalue weighted by atomic mass is 9.83. The van der Waals surface area contributed by atoms with E-state index in [1.54, 1.807) is 4.90 Å². The summed E-state index contributed by atoms with van der Waals surface area (Å²) < 4.78 is 5.65. The number of fused-ring (bicyclic) bond motifs is 3. The second-order valence-corrected chi connectivity index (χ2v) is 9.73. The van der Waals surface area contributed by atoms with Crippen molar-refractivity contribution in [2.24, 2.45) is 11.8 Å². The topological polar surface area (TPSA) is 95.9 Å². The molecule has 0 aromatic heterocycles. The number of carbonyl (C=O) groups is 3. The molecule has 2 amide bonds. The van der Waals surface area contributed by atoms with Gasteiger partial charge in [0, 0.05) is 36.9 Å². The van der Waals surface area contributed by atoms with Gasteiger partial charge in [-0.2, -0.15) is 0 Å². The number of hydrogen-bond acceptors (Lipinski definition) is 4. The molecule has 0 radical (unpaired) electrons. The van der Waals surface area contributed by atoms with Crippen molar-refractivity contribution in [1.29, 1.82) is 0 Å². The summed E-state index contributed by atoms with van der Waals surface area (Å²) in [6, 6.07) is 16.5. The number of carboxylic acids is 1. The molecule has 0 bridgehead atoms. The average molecular weight is 463 g/mol. The molecule has 2 N–H and O–H groups in total. The number of carboxylic acid groups (broad SMARTS) is 1. The van der Waals surface area contributed by atoms with Crippen LogP contribution in [-0.4, -0.2) is 53.7 Å². The van der Waals surface area contributed by atoms with Crippen LogP contribution in [0.3, 0.4) is 0 Å². The minimum Gasteiger partial charge on any atom is -0.481 e. The second kappa shape index (κ2) is 9.49. The van der Waals surface area contributed by atoms with Crippen LogP contribution in [0.4, 0.5) is 4.79 Å². The van der Waals surface area contributed by atoms with Crippen molar-refractivity contribution in [2.75, 3.05) is 19.7 Å². The van der Waals surface area contributed by atoms with Crippen LogP contribution in [0.15, 0.2) is 48.5 Å². The lowest BCUT2D eigenvalue weighted by molar-refractivity contribution is -0.148. The van der Waals surface area contributed by atoms with Crippen LogP contribution >= 0.6 is 0 Å². The second-order valence-electron chi connectivity index (χ2n) is 9.73. The fraction of sp³-hybridized carbons (Fsp3) is 0.444. The molecule has 3 aliphatic rings. The first-order valence-corrected chi connectivity index (χ1v) is 12.1. The van der Waals surface area contributed by atoms with Gasteiger partial charge >= 0.3 is 12.1 Å². The van der Waals surface area contributed by atoms with Crippen molar-refractivity contribution in [3.05, 3.63) is 59.7 Å². The number of nitrogens with one attached hydrogen (secondary N) is 1. The van der Waals surface area contributed by atoms with E-state index in [-0.39, 0.29) is 36.1 Å². The van der Waals surface area contributed by atoms with E-state index in [1.807, 2.05) is 24.3 Å². The van der Waals surface area contributed by atoms with Gasteiger partial charge in [0.25, 0.3) is 0 Å². The summed E-state index contributed by atoms with van der Waals surface area (Å²) in [4.78, 5) is 37.8. The van der Waals surface area contributed by atoms with Gasteiger partial charge < -0.3 is 20.1 Å². The highest BCUT2D eigenvalue weighted by Crippen LogP contribution is 2.44. The number of benzene rings is 2. The normalized spacial score (nSPS) is 21.8. The van der Waals surface area contributed by atoms with E-state index >= 15 is 0 Å². The molecule has 7 heteroatoms. The molecule has 1 saturated heterocycles. The number of ether oxygens (including phenoxy) is 1. The molecule has 2 aromatic carbocycles. The Balaban J connectivity index is 1.08. The van der Waals surface area contributed by atoms with Crippen LogP contribution in [0, 0.1) is 11.8 Å². The monoisotopic (exact) mass is 462 g/mol. The maximum atomic E-state index is 12.7. The van der Waals surface area contributed by atoms with Crippen molar-refractivity contribution >= 4 is 18.0 Å². The Morgan fingerprint density at radius 1 is 0.912 bits per heavy atom. The zero-order valence-electron chi connectivity index (χ0n) is 19.1. The quantitative estimate of drug-likeness (QED) is 0.676. The Labute approximate surface area is 199 Å². The Kier molecular flexibility index (Phi) is 6.26. The van der Waals surface area contributed by atoms with Gasteiger partial charge in [-0.25, -0.2) is 4.79 Å². The van der Waals surface area contributed by atoms with E-state index in [2.05, 4.69) is 29.6 Å². The van der Waals surface area contributed by atoms with E-state index in [0.29, 0.717) is 19.7 Å². The van der Waals surface area contributed by atoms with E-state index in [1.165, 1.54) is 22.3 Å². The summed E-state index contributed by atoms with van der Waals surface area (Å²) in [5.41, 5.74) is 4.78. The highest BCUT2D eigenvalue weighted by atomic mass is 16.5. The first-order valence-electron chi connectivity index (χ1n) is 12.1. The zero-order chi connectivity index (χ0) is 23.7. The van der Waals surface area contributed by atoms with Crippen molar-refractivity contribution in [3.63, 3.8) is 0 Å². The van der Waals surface area contributed by atoms with Crippen LogP contribution in [0.1, 0.15) is 49.1 Å². The van der Waals surface area contributed by atoms with E-state index in [9.17, 15) is 14.4 Å². The third kappa shape index (κ3) is 4.52. The van der Waals surface area contributed by atoms with Crippen LogP contribution in [0.2, 0.25) is 0 Å². The minimum atomic E-state index is -0.808. The summed E-state index contributed by atoms with van der Waals surface area (Å²) in [7, 11) is 0. The van der Waals surface area contributed by atoms with Crippen LogP contribution in [0.5, 0.6) is 0 Å². The van der Waals surface area contributed by atoms with Gasteiger partial charge in [0.2, 0.25) is 5.91 Å². The van der Waals surface area contributed by atoms with Gasteiger partial charge in [0.1, 0.15) is 6.61 Å². The highest BCUT2D eigenvalue weighted by Gasteiger charge is 2.37. The number of hydrogen-bond donors (Lipinski definition) is 2. The standard InChI is InChI=1S/C27H30N2O5/c30-25(31)13-17-14-29(15-17)26(32)18-9-11-19(12-10-18)28-27(33)34-16-24-22-7-3-1-5-20(22)21-6-2-4-8-23(21)24/h1-8,17-19,24H,9-16H2,(H,28,33)(H,30,31). The number of carbonyl (C=O) groups excluding carboxylic acids is 2. The smallest absolute Gasteiger partial charge is 0.407 e. The molecule has 2 fully saturated rings. The molecule has 5 rings (SSSR count). The van der Waals surface area contributed by atoms with Crippen LogP contribution < -0.4 is 5.32 Å². The van der Waals surface area contributed by atoms with Crippen LogP contribution in [0.25, 0.3) is 11.1 Å². The number of amides is 2. The molecule has 34 heavy (non-hydrogen) atoms. The molecule has 1 saturated carbocycles. The third-order valence-electron chi connectivity index (χ3n) is 7.47. The van der Waals surface area contributed by atoms with Crippen molar-refractivity contribution in [3.8, 4) is 11.1 Å². The number of alkyl carbamates (subject to hydrolysis) is 1. The number of nitrogens with zero attached hydrogens (tertiary/aromatic N) is 1. The lowest BCUT2D eigenvalue weighted by Gasteiger charge is -2.41. The van der Waals surface area contributed by atoms with Gasteiger partial charge in [0.05, 0.1) is 6.42 Å². The Morgan fingerprint density at radius 3 is 2.09 bits per heavy atom. The van der Waals surface area contributed by atoms with Gasteiger partial charge in [-0.1, -0.05) is 48.5 Å². The Morgan fingerprint density at radius 2 is 1.50 bits per heavy atom. The number of aliphatic carboxylic acids is 1. The average Bonchev–Trinajstić information content (AvgIpc) is 3.13.